The number of hydrogen-bond donors (Lipinski definition) is 1. The highest BCUT2D eigenvalue weighted by Crippen LogP contribution is 2.24. The number of ketones is 1. The van der Waals surface area contributed by atoms with E-state index in [2.05, 4.69) is 10.5 Å². The summed E-state index contributed by atoms with van der Waals surface area (Å²) in [4.78, 5) is 18.5. The molecule has 0 spiro atoms. The molecule has 0 bridgehead atoms. The molecule has 150 valence electrons. The van der Waals surface area contributed by atoms with Gasteiger partial charge >= 0.3 is 0 Å². The summed E-state index contributed by atoms with van der Waals surface area (Å²) in [6.45, 7) is 1.58. The zero-order valence-corrected chi connectivity index (χ0v) is 15.8. The highest BCUT2D eigenvalue weighted by atomic mass is 19.1. The van der Waals surface area contributed by atoms with Crippen LogP contribution >= 0.6 is 0 Å². The van der Waals surface area contributed by atoms with Crippen molar-refractivity contribution in [1.29, 1.82) is 5.26 Å². The van der Waals surface area contributed by atoms with Gasteiger partial charge in [0.2, 0.25) is 6.10 Å². The Labute approximate surface area is 168 Å². The van der Waals surface area contributed by atoms with Gasteiger partial charge in [0.25, 0.3) is 0 Å². The summed E-state index contributed by atoms with van der Waals surface area (Å²) < 4.78 is 26.8. The minimum absolute atomic E-state index is 0.141. The molecule has 1 N–H and O–H groups in total. The fraction of sp³-hybridized carbons (Fsp3) is 0.318. The van der Waals surface area contributed by atoms with E-state index in [4.69, 9.17) is 10.1 Å². The summed E-state index contributed by atoms with van der Waals surface area (Å²) in [7, 11) is 0. The molecule has 1 saturated heterocycles. The zero-order valence-electron chi connectivity index (χ0n) is 15.8. The van der Waals surface area contributed by atoms with Crippen molar-refractivity contribution in [3.8, 4) is 6.07 Å². The third-order valence-electron chi connectivity index (χ3n) is 4.75. The van der Waals surface area contributed by atoms with Gasteiger partial charge in [0.05, 0.1) is 11.3 Å². The first kappa shape index (κ1) is 20.6. The van der Waals surface area contributed by atoms with Gasteiger partial charge in [-0.1, -0.05) is 23.4 Å². The Morgan fingerprint density at radius 2 is 1.90 bits per heavy atom. The van der Waals surface area contributed by atoms with Gasteiger partial charge < -0.3 is 10.2 Å². The SMILES string of the molecule is N#Cc1cc(C(ON=C2CCNCC2)C(=O)CCc2ccc(F)cc2)ccc1F. The number of carbonyl (C=O) groups is 1. The number of nitrogens with one attached hydrogen (secondary N) is 1. The summed E-state index contributed by atoms with van der Waals surface area (Å²) in [5.41, 5.74) is 1.89. The molecule has 2 aromatic carbocycles. The first-order chi connectivity index (χ1) is 14.1. The van der Waals surface area contributed by atoms with Gasteiger partial charge in [-0.15, -0.1) is 0 Å². The molecule has 29 heavy (non-hydrogen) atoms. The minimum Gasteiger partial charge on any atom is -0.380 e. The number of nitriles is 1. The monoisotopic (exact) mass is 397 g/mol. The molecule has 1 heterocycles. The van der Waals surface area contributed by atoms with Crippen LogP contribution in [-0.4, -0.2) is 24.6 Å². The van der Waals surface area contributed by atoms with Gasteiger partial charge in [-0.25, -0.2) is 8.78 Å². The van der Waals surface area contributed by atoms with Crippen molar-refractivity contribution in [2.45, 2.75) is 31.8 Å². The Morgan fingerprint density at radius 3 is 2.59 bits per heavy atom. The van der Waals surface area contributed by atoms with E-state index in [9.17, 15) is 13.6 Å². The number of aryl methyl sites for hydroxylation is 1. The molecular weight excluding hydrogens is 376 g/mol. The standard InChI is InChI=1S/C22H21F2N3O2/c23-18-5-1-15(2-6-18)3-8-21(28)22(29-27-19-9-11-26-12-10-19)16-4-7-20(24)17(13-16)14-25/h1-2,4-7,13,22,26H,3,8-12H2. The van der Waals surface area contributed by atoms with Gasteiger partial charge in [0.1, 0.15) is 17.7 Å². The number of piperidine rings is 1. The quantitative estimate of drug-likeness (QED) is 0.721. The van der Waals surface area contributed by atoms with Crippen LogP contribution in [-0.2, 0) is 16.1 Å². The molecule has 3 rings (SSSR count). The van der Waals surface area contributed by atoms with Crippen LogP contribution in [0.15, 0.2) is 47.6 Å². The van der Waals surface area contributed by atoms with E-state index in [-0.39, 0.29) is 23.6 Å². The maximum Gasteiger partial charge on any atom is 0.210 e. The fourth-order valence-electron chi connectivity index (χ4n) is 3.08. The number of halogens is 2. The van der Waals surface area contributed by atoms with Crippen LogP contribution in [0.25, 0.3) is 0 Å². The Kier molecular flexibility index (Phi) is 7.04. The lowest BCUT2D eigenvalue weighted by molar-refractivity contribution is -0.131. The molecule has 0 aliphatic carbocycles. The number of Topliss-reactive ketones (excluding diaryl/α,β-unsaturated/α-hetero) is 1. The summed E-state index contributed by atoms with van der Waals surface area (Å²) in [5, 5.41) is 16.5. The fourth-order valence-corrected chi connectivity index (χ4v) is 3.08. The lowest BCUT2D eigenvalue weighted by Crippen LogP contribution is -2.28. The molecule has 1 atom stereocenters. The van der Waals surface area contributed by atoms with Crippen molar-refractivity contribution in [2.24, 2.45) is 5.16 Å². The second-order valence-electron chi connectivity index (χ2n) is 6.84. The first-order valence-corrected chi connectivity index (χ1v) is 9.46. The Morgan fingerprint density at radius 1 is 1.17 bits per heavy atom. The molecule has 5 nitrogen and oxygen atoms in total. The molecule has 0 aromatic heterocycles. The van der Waals surface area contributed by atoms with E-state index in [1.807, 2.05) is 0 Å². The highest BCUT2D eigenvalue weighted by molar-refractivity contribution is 5.86. The van der Waals surface area contributed by atoms with Crippen molar-refractivity contribution < 1.29 is 18.4 Å². The molecule has 2 aromatic rings. The predicted octanol–water partition coefficient (Wildman–Crippen LogP) is 3.84. The number of carbonyl (C=O) groups excluding carboxylic acids is 1. The van der Waals surface area contributed by atoms with Crippen LogP contribution in [0.1, 0.15) is 42.1 Å². The van der Waals surface area contributed by atoms with Gasteiger partial charge in [0.15, 0.2) is 5.78 Å². The molecule has 0 saturated carbocycles. The van der Waals surface area contributed by atoms with Gasteiger partial charge in [-0.05, 0) is 36.2 Å². The molecule has 1 unspecified atom stereocenters. The smallest absolute Gasteiger partial charge is 0.210 e. The summed E-state index contributed by atoms with van der Waals surface area (Å²) in [6.07, 6.45) is 0.964. The van der Waals surface area contributed by atoms with Crippen LogP contribution in [0.2, 0.25) is 0 Å². The van der Waals surface area contributed by atoms with Crippen LogP contribution < -0.4 is 5.32 Å². The summed E-state index contributed by atoms with van der Waals surface area (Å²) in [6, 6.07) is 11.6. The third-order valence-corrected chi connectivity index (χ3v) is 4.75. The van der Waals surface area contributed by atoms with Gasteiger partial charge in [0, 0.05) is 37.9 Å². The highest BCUT2D eigenvalue weighted by Gasteiger charge is 2.24. The second-order valence-corrected chi connectivity index (χ2v) is 6.84. The van der Waals surface area contributed by atoms with Crippen LogP contribution in [0.3, 0.4) is 0 Å². The molecule has 1 aliphatic rings. The van der Waals surface area contributed by atoms with Crippen molar-refractivity contribution in [1.82, 2.24) is 5.32 Å². The first-order valence-electron chi connectivity index (χ1n) is 9.46. The van der Waals surface area contributed by atoms with E-state index in [1.54, 1.807) is 18.2 Å². The maximum absolute atomic E-state index is 13.7. The largest absolute Gasteiger partial charge is 0.380 e. The molecule has 0 radical (unpaired) electrons. The number of rotatable bonds is 7. The Bertz CT molecular complexity index is 928. The van der Waals surface area contributed by atoms with Gasteiger partial charge in [-0.3, -0.25) is 4.79 Å². The summed E-state index contributed by atoms with van der Waals surface area (Å²) in [5.74, 6) is -1.24. The molecule has 0 amide bonds. The van der Waals surface area contributed by atoms with E-state index in [0.29, 0.717) is 12.0 Å². The van der Waals surface area contributed by atoms with Crippen molar-refractivity contribution in [3.63, 3.8) is 0 Å². The molecule has 1 fully saturated rings. The van der Waals surface area contributed by atoms with Gasteiger partial charge in [-0.2, -0.15) is 5.26 Å². The normalized spacial score (nSPS) is 14.7. The van der Waals surface area contributed by atoms with Crippen LogP contribution in [0.4, 0.5) is 8.78 Å². The van der Waals surface area contributed by atoms with Crippen LogP contribution in [0.5, 0.6) is 0 Å². The van der Waals surface area contributed by atoms with E-state index < -0.39 is 11.9 Å². The molecular formula is C22H21F2N3O2. The lowest BCUT2D eigenvalue weighted by atomic mass is 9.98. The van der Waals surface area contributed by atoms with Crippen molar-refractivity contribution >= 4 is 11.5 Å². The van der Waals surface area contributed by atoms with E-state index >= 15 is 0 Å². The van der Waals surface area contributed by atoms with E-state index in [0.717, 1.165) is 43.3 Å². The molecule has 1 aliphatic heterocycles. The number of benzene rings is 2. The number of hydrogen-bond acceptors (Lipinski definition) is 5. The summed E-state index contributed by atoms with van der Waals surface area (Å²) >= 11 is 0. The number of oxime groups is 1. The van der Waals surface area contributed by atoms with Crippen LogP contribution in [0, 0.1) is 23.0 Å². The average molecular weight is 397 g/mol. The van der Waals surface area contributed by atoms with Crippen molar-refractivity contribution in [2.75, 3.05) is 13.1 Å². The average Bonchev–Trinajstić information content (AvgIpc) is 2.75. The lowest BCUT2D eigenvalue weighted by Gasteiger charge is -2.18. The van der Waals surface area contributed by atoms with E-state index in [1.165, 1.54) is 24.3 Å². The second kappa shape index (κ2) is 9.89. The molecule has 7 heteroatoms. The third kappa shape index (κ3) is 5.69. The Balaban J connectivity index is 1.78. The Hall–Kier alpha value is -3.11. The van der Waals surface area contributed by atoms with Crippen molar-refractivity contribution in [3.05, 3.63) is 70.8 Å². The zero-order chi connectivity index (χ0) is 20.6. The topological polar surface area (TPSA) is 74.5 Å². The predicted molar refractivity (Wildman–Crippen MR) is 104 cm³/mol. The number of nitrogens with zero attached hydrogens (tertiary/aromatic N) is 2. The minimum atomic E-state index is -1.04. The maximum atomic E-state index is 13.7.